The van der Waals surface area contributed by atoms with E-state index in [1.165, 1.54) is 0 Å². The van der Waals surface area contributed by atoms with Gasteiger partial charge >= 0.3 is 7.25 Å². The fraction of sp³-hybridized carbons (Fsp3) is 0.214. The zero-order valence-corrected chi connectivity index (χ0v) is 26.0. The molecular formula is C28H33BF4N4O4S2. The molecule has 0 saturated heterocycles. The van der Waals surface area contributed by atoms with Gasteiger partial charge in [0, 0.05) is 25.5 Å². The minimum atomic E-state index is -6.00. The van der Waals surface area contributed by atoms with Gasteiger partial charge in [-0.05, 0) is 56.3 Å². The van der Waals surface area contributed by atoms with Gasteiger partial charge in [0.2, 0.25) is 0 Å². The minimum Gasteiger partial charge on any atom is -0.418 e. The fourth-order valence-corrected chi connectivity index (χ4v) is 6.42. The first-order chi connectivity index (χ1) is 19.8. The quantitative estimate of drug-likeness (QED) is 0.182. The Balaban J connectivity index is 0.000000934. The van der Waals surface area contributed by atoms with Crippen LogP contribution < -0.4 is 19.2 Å². The average molecular weight is 641 g/mol. The van der Waals surface area contributed by atoms with Crippen molar-refractivity contribution in [3.05, 3.63) is 83.9 Å². The molecule has 4 aromatic carbocycles. The maximum Gasteiger partial charge on any atom is 0.673 e. The highest BCUT2D eigenvalue weighted by molar-refractivity contribution is 7.93. The van der Waals surface area contributed by atoms with Crippen molar-refractivity contribution in [2.75, 3.05) is 42.5 Å². The van der Waals surface area contributed by atoms with Gasteiger partial charge in [-0.2, -0.15) is 0 Å². The zero-order valence-electron chi connectivity index (χ0n) is 24.4. The molecule has 0 aromatic heterocycles. The van der Waals surface area contributed by atoms with E-state index in [0.717, 1.165) is 32.8 Å². The smallest absolute Gasteiger partial charge is 0.418 e. The van der Waals surface area contributed by atoms with Crippen LogP contribution in [-0.4, -0.2) is 52.3 Å². The number of aryl methyl sites for hydroxylation is 2. The summed E-state index contributed by atoms with van der Waals surface area (Å²) in [6.45, 7) is 3.77. The van der Waals surface area contributed by atoms with Crippen LogP contribution in [0.25, 0.3) is 10.8 Å². The van der Waals surface area contributed by atoms with Crippen molar-refractivity contribution in [1.82, 2.24) is 0 Å². The van der Waals surface area contributed by atoms with Crippen molar-refractivity contribution >= 4 is 60.8 Å². The van der Waals surface area contributed by atoms with Crippen molar-refractivity contribution < 1.29 is 39.0 Å². The lowest BCUT2D eigenvalue weighted by atomic mass is 10.0. The maximum absolute atomic E-state index is 13.4. The molecule has 0 atom stereocenters. The molecule has 43 heavy (non-hydrogen) atoms. The number of benzene rings is 4. The highest BCUT2D eigenvalue weighted by Crippen LogP contribution is 2.41. The topological polar surface area (TPSA) is 100 Å². The van der Waals surface area contributed by atoms with E-state index >= 15 is 0 Å². The predicted octanol–water partition coefficient (Wildman–Crippen LogP) is 5.20. The molecule has 8 nitrogen and oxygen atoms in total. The van der Waals surface area contributed by atoms with Gasteiger partial charge in [0.05, 0.1) is 46.3 Å². The van der Waals surface area contributed by atoms with Crippen molar-refractivity contribution in [3.63, 3.8) is 0 Å². The second kappa shape index (κ2) is 12.8. The number of rotatable bonds is 8. The fourth-order valence-electron chi connectivity index (χ4n) is 4.28. The number of halogens is 4. The molecule has 0 aliphatic carbocycles. The summed E-state index contributed by atoms with van der Waals surface area (Å²) in [5, 5.41) is 1.20. The first-order valence-electron chi connectivity index (χ1n) is 12.9. The van der Waals surface area contributed by atoms with Gasteiger partial charge in [-0.25, -0.2) is 16.8 Å². The van der Waals surface area contributed by atoms with E-state index in [2.05, 4.69) is 9.44 Å². The van der Waals surface area contributed by atoms with Crippen LogP contribution in [0, 0.1) is 13.8 Å². The third kappa shape index (κ3) is 8.61. The summed E-state index contributed by atoms with van der Waals surface area (Å²) in [6.07, 6.45) is 0. The van der Waals surface area contributed by atoms with Gasteiger partial charge in [-0.3, -0.25) is 9.44 Å². The highest BCUT2D eigenvalue weighted by atomic mass is 32.2. The van der Waals surface area contributed by atoms with E-state index in [-0.39, 0.29) is 21.2 Å². The van der Waals surface area contributed by atoms with Gasteiger partial charge in [-0.15, -0.1) is 0 Å². The van der Waals surface area contributed by atoms with E-state index in [9.17, 15) is 34.1 Å². The molecule has 0 bridgehead atoms. The molecule has 4 rings (SSSR count). The molecule has 0 amide bonds. The molecule has 0 spiro atoms. The Morgan fingerprint density at radius 1 is 0.628 bits per heavy atom. The average Bonchev–Trinajstić information content (AvgIpc) is 2.87. The van der Waals surface area contributed by atoms with Crippen LogP contribution in [0.1, 0.15) is 11.1 Å². The summed E-state index contributed by atoms with van der Waals surface area (Å²) in [7, 11) is -6.19. The van der Waals surface area contributed by atoms with Gasteiger partial charge in [0.25, 0.3) is 20.0 Å². The Labute approximate surface area is 249 Å². The van der Waals surface area contributed by atoms with Crippen molar-refractivity contribution in [2.45, 2.75) is 23.6 Å². The molecular weight excluding hydrogens is 607 g/mol. The van der Waals surface area contributed by atoms with Crippen LogP contribution in [0.4, 0.5) is 40.0 Å². The van der Waals surface area contributed by atoms with Gasteiger partial charge in [0.1, 0.15) is 5.69 Å². The van der Waals surface area contributed by atoms with E-state index in [4.69, 9.17) is 0 Å². The molecule has 0 saturated carbocycles. The summed E-state index contributed by atoms with van der Waals surface area (Å²) < 4.78 is 97.9. The molecule has 4 aromatic rings. The summed E-state index contributed by atoms with van der Waals surface area (Å²) >= 11 is 0. The maximum atomic E-state index is 13.4. The third-order valence-electron chi connectivity index (χ3n) is 6.31. The lowest BCUT2D eigenvalue weighted by Crippen LogP contribution is -3.00. The number of quaternary nitrogens is 1. The third-order valence-corrected chi connectivity index (χ3v) is 9.07. The normalized spacial score (nSPS) is 12.1. The minimum absolute atomic E-state index is 0.115. The van der Waals surface area contributed by atoms with E-state index in [0.29, 0.717) is 5.39 Å². The number of fused-ring (bicyclic) bond motifs is 1. The van der Waals surface area contributed by atoms with Crippen LogP contribution in [0.2, 0.25) is 0 Å². The highest BCUT2D eigenvalue weighted by Gasteiger charge is 2.25. The zero-order chi connectivity index (χ0) is 32.3. The Kier molecular flexibility index (Phi) is 10.0. The van der Waals surface area contributed by atoms with Crippen molar-refractivity contribution in [2.24, 2.45) is 0 Å². The number of anilines is 3. The van der Waals surface area contributed by atoms with Crippen molar-refractivity contribution in [3.8, 4) is 0 Å². The molecule has 15 heteroatoms. The Morgan fingerprint density at radius 2 is 1.00 bits per heavy atom. The monoisotopic (exact) mass is 640 g/mol. The Hall–Kier alpha value is -3.82. The first-order valence-corrected chi connectivity index (χ1v) is 15.9. The Morgan fingerprint density at radius 3 is 1.35 bits per heavy atom. The summed E-state index contributed by atoms with van der Waals surface area (Å²) in [6, 6.07) is 20.2. The predicted molar refractivity (Wildman–Crippen MR) is 165 cm³/mol. The van der Waals surface area contributed by atoms with Gasteiger partial charge in [-0.1, -0.05) is 35.4 Å². The lowest BCUT2D eigenvalue weighted by molar-refractivity contribution is -0.785. The SMILES string of the molecule is Cc1ccc(S(=O)(=O)Nc2ccc(N(C)C)c3c([NH+](C)C)ccc(NS(=O)(=O)c4ccc(C)cc4)c23)cc1.F[B-](F)(F)F. The van der Waals surface area contributed by atoms with Gasteiger partial charge in [0.15, 0.2) is 0 Å². The lowest BCUT2D eigenvalue weighted by Gasteiger charge is -2.23. The molecule has 3 N–H and O–H groups in total. The van der Waals surface area contributed by atoms with E-state index < -0.39 is 27.3 Å². The number of hydrogen-bond acceptors (Lipinski definition) is 5. The molecule has 0 aliphatic heterocycles. The standard InChI is InChI=1S/C28H32N4O4S2.BF4/c1-19-7-11-21(12-8-19)37(33,34)29-23-15-17-25(31(3)4)28-26(32(5)6)18-16-24(27(23)28)30-38(35,36)22-13-9-20(2)10-14-22;2-1(3,4)5/h7-18,29-30H,1-6H3;/q;-1/p+1. The molecule has 0 heterocycles. The van der Waals surface area contributed by atoms with Gasteiger partial charge < -0.3 is 27.1 Å². The number of sulfonamides is 2. The molecule has 0 aliphatic rings. The summed E-state index contributed by atoms with van der Waals surface area (Å²) in [5.74, 6) is 0. The van der Waals surface area contributed by atoms with Crippen LogP contribution in [-0.2, 0) is 20.0 Å². The molecule has 0 fully saturated rings. The second-order valence-electron chi connectivity index (χ2n) is 10.3. The summed E-state index contributed by atoms with van der Waals surface area (Å²) in [5.41, 5.74) is 4.14. The van der Waals surface area contributed by atoms with Crippen LogP contribution in [0.5, 0.6) is 0 Å². The molecule has 0 radical (unpaired) electrons. The number of nitrogens with zero attached hydrogens (tertiary/aromatic N) is 1. The summed E-state index contributed by atoms with van der Waals surface area (Å²) in [4.78, 5) is 3.16. The van der Waals surface area contributed by atoms with E-state index in [1.807, 2.05) is 59.1 Å². The number of nitrogens with one attached hydrogen (secondary N) is 3. The molecule has 0 unspecified atom stereocenters. The Bertz CT molecular complexity index is 1690. The first kappa shape index (κ1) is 33.7. The van der Waals surface area contributed by atoms with Crippen LogP contribution in [0.15, 0.2) is 82.6 Å². The largest absolute Gasteiger partial charge is 0.673 e. The van der Waals surface area contributed by atoms with Crippen LogP contribution in [0.3, 0.4) is 0 Å². The van der Waals surface area contributed by atoms with Crippen molar-refractivity contribution in [1.29, 1.82) is 0 Å². The number of hydrogen-bond donors (Lipinski definition) is 3. The molecule has 232 valence electrons. The van der Waals surface area contributed by atoms with Crippen LogP contribution >= 0.6 is 0 Å². The van der Waals surface area contributed by atoms with E-state index in [1.54, 1.807) is 60.7 Å². The second-order valence-corrected chi connectivity index (χ2v) is 13.6.